The van der Waals surface area contributed by atoms with E-state index in [0.717, 1.165) is 0 Å². The summed E-state index contributed by atoms with van der Waals surface area (Å²) >= 11 is 16.9. The van der Waals surface area contributed by atoms with Crippen LogP contribution in [0.3, 0.4) is 0 Å². The third-order valence-electron chi connectivity index (χ3n) is 2.25. The van der Waals surface area contributed by atoms with E-state index in [2.05, 4.69) is 0 Å². The fourth-order valence-electron chi connectivity index (χ4n) is 1.49. The van der Waals surface area contributed by atoms with Crippen molar-refractivity contribution in [2.24, 2.45) is 5.73 Å². The zero-order valence-electron chi connectivity index (χ0n) is 9.19. The Balaban J connectivity index is 2.40. The zero-order valence-corrected chi connectivity index (χ0v) is 11.5. The largest absolute Gasteiger partial charge is 0.457 e. The minimum absolute atomic E-state index is 0.192. The molecule has 92 valence electrons. The summed E-state index contributed by atoms with van der Waals surface area (Å²) in [4.78, 5) is 0.192. The molecule has 2 rings (SSSR count). The van der Waals surface area contributed by atoms with Gasteiger partial charge in [0.1, 0.15) is 16.5 Å². The standard InChI is InChI=1S/C13H9Cl2NOS/c14-8-3-1-4-9(7-8)17-11-6-2-5-10(15)12(11)13(16)18/h1-7H,(H2,16,18). The normalized spacial score (nSPS) is 10.1. The van der Waals surface area contributed by atoms with Crippen LogP contribution in [0.2, 0.25) is 10.0 Å². The van der Waals surface area contributed by atoms with Crippen LogP contribution in [-0.2, 0) is 0 Å². The number of halogens is 2. The highest BCUT2D eigenvalue weighted by Gasteiger charge is 2.11. The van der Waals surface area contributed by atoms with Crippen LogP contribution in [0.5, 0.6) is 11.5 Å². The molecule has 0 saturated heterocycles. The Morgan fingerprint density at radius 3 is 2.50 bits per heavy atom. The summed E-state index contributed by atoms with van der Waals surface area (Å²) in [5, 5.41) is 1.05. The van der Waals surface area contributed by atoms with Crippen molar-refractivity contribution in [2.75, 3.05) is 0 Å². The molecule has 0 unspecified atom stereocenters. The van der Waals surface area contributed by atoms with E-state index in [1.54, 1.807) is 42.5 Å². The van der Waals surface area contributed by atoms with Crippen LogP contribution in [-0.4, -0.2) is 4.99 Å². The summed E-state index contributed by atoms with van der Waals surface area (Å²) in [5.41, 5.74) is 6.16. The summed E-state index contributed by atoms with van der Waals surface area (Å²) < 4.78 is 5.70. The Bertz CT molecular complexity index is 601. The molecule has 0 aromatic heterocycles. The van der Waals surface area contributed by atoms with E-state index in [-0.39, 0.29) is 4.99 Å². The van der Waals surface area contributed by atoms with E-state index in [0.29, 0.717) is 27.1 Å². The zero-order chi connectivity index (χ0) is 13.1. The molecular formula is C13H9Cl2NOS. The molecule has 0 heterocycles. The highest BCUT2D eigenvalue weighted by molar-refractivity contribution is 7.80. The molecular weight excluding hydrogens is 289 g/mol. The van der Waals surface area contributed by atoms with Gasteiger partial charge in [0, 0.05) is 5.02 Å². The number of hydrogen-bond acceptors (Lipinski definition) is 2. The van der Waals surface area contributed by atoms with Crippen LogP contribution in [0.15, 0.2) is 42.5 Å². The lowest BCUT2D eigenvalue weighted by Crippen LogP contribution is -2.11. The molecule has 0 atom stereocenters. The average Bonchev–Trinajstić information content (AvgIpc) is 2.28. The summed E-state index contributed by atoms with van der Waals surface area (Å²) in [6.07, 6.45) is 0. The predicted octanol–water partition coefficient (Wildman–Crippen LogP) is 4.42. The number of hydrogen-bond donors (Lipinski definition) is 1. The van der Waals surface area contributed by atoms with Crippen LogP contribution in [0.25, 0.3) is 0 Å². The average molecular weight is 298 g/mol. The first-order valence-electron chi connectivity index (χ1n) is 5.09. The molecule has 0 radical (unpaired) electrons. The monoisotopic (exact) mass is 297 g/mol. The fourth-order valence-corrected chi connectivity index (χ4v) is 2.20. The maximum Gasteiger partial charge on any atom is 0.139 e. The Morgan fingerprint density at radius 1 is 1.11 bits per heavy atom. The quantitative estimate of drug-likeness (QED) is 0.852. The van der Waals surface area contributed by atoms with Crippen molar-refractivity contribution in [2.45, 2.75) is 0 Å². The third kappa shape index (κ3) is 2.93. The molecule has 0 aliphatic heterocycles. The van der Waals surface area contributed by atoms with Gasteiger partial charge in [0.15, 0.2) is 0 Å². The minimum atomic E-state index is 0.192. The molecule has 2 nitrogen and oxygen atoms in total. The van der Waals surface area contributed by atoms with Gasteiger partial charge in [-0.1, -0.05) is 47.6 Å². The van der Waals surface area contributed by atoms with Gasteiger partial charge in [-0.05, 0) is 30.3 Å². The molecule has 0 amide bonds. The second-order valence-electron chi connectivity index (χ2n) is 3.54. The van der Waals surface area contributed by atoms with E-state index in [9.17, 15) is 0 Å². The SMILES string of the molecule is NC(=S)c1c(Cl)cccc1Oc1cccc(Cl)c1. The van der Waals surface area contributed by atoms with Gasteiger partial charge in [0.05, 0.1) is 10.6 Å². The lowest BCUT2D eigenvalue weighted by molar-refractivity contribution is 0.482. The molecule has 2 aromatic rings. The van der Waals surface area contributed by atoms with Crippen molar-refractivity contribution < 1.29 is 4.74 Å². The van der Waals surface area contributed by atoms with Crippen LogP contribution in [0.1, 0.15) is 5.56 Å². The first-order chi connectivity index (χ1) is 8.58. The predicted molar refractivity (Wildman–Crippen MR) is 78.9 cm³/mol. The van der Waals surface area contributed by atoms with Gasteiger partial charge in [-0.15, -0.1) is 0 Å². The molecule has 18 heavy (non-hydrogen) atoms. The van der Waals surface area contributed by atoms with E-state index in [1.165, 1.54) is 0 Å². The Labute approximate surface area is 120 Å². The Morgan fingerprint density at radius 2 is 1.83 bits per heavy atom. The van der Waals surface area contributed by atoms with Crippen molar-refractivity contribution in [1.29, 1.82) is 0 Å². The van der Waals surface area contributed by atoms with Crippen molar-refractivity contribution in [3.05, 3.63) is 58.1 Å². The van der Waals surface area contributed by atoms with Crippen LogP contribution in [0.4, 0.5) is 0 Å². The summed E-state index contributed by atoms with van der Waals surface area (Å²) in [6.45, 7) is 0. The van der Waals surface area contributed by atoms with E-state index >= 15 is 0 Å². The molecule has 0 spiro atoms. The first-order valence-corrected chi connectivity index (χ1v) is 6.26. The highest BCUT2D eigenvalue weighted by Crippen LogP contribution is 2.31. The smallest absolute Gasteiger partial charge is 0.139 e. The number of nitrogens with two attached hydrogens (primary N) is 1. The topological polar surface area (TPSA) is 35.2 Å². The molecule has 2 aromatic carbocycles. The van der Waals surface area contributed by atoms with E-state index in [4.69, 9.17) is 45.9 Å². The summed E-state index contributed by atoms with van der Waals surface area (Å²) in [7, 11) is 0. The second kappa shape index (κ2) is 5.57. The van der Waals surface area contributed by atoms with Gasteiger partial charge < -0.3 is 10.5 Å². The Hall–Kier alpha value is -1.29. The molecule has 5 heteroatoms. The van der Waals surface area contributed by atoms with Gasteiger partial charge in [-0.3, -0.25) is 0 Å². The fraction of sp³-hybridized carbons (Fsp3) is 0. The summed E-state index contributed by atoms with van der Waals surface area (Å²) in [6, 6.07) is 12.3. The molecule has 2 N–H and O–H groups in total. The van der Waals surface area contributed by atoms with Gasteiger partial charge >= 0.3 is 0 Å². The lowest BCUT2D eigenvalue weighted by atomic mass is 10.2. The number of rotatable bonds is 3. The molecule has 0 bridgehead atoms. The maximum atomic E-state index is 6.05. The van der Waals surface area contributed by atoms with Crippen molar-refractivity contribution in [3.63, 3.8) is 0 Å². The number of thiocarbonyl (C=S) groups is 1. The number of benzene rings is 2. The number of ether oxygens (including phenoxy) is 1. The molecule has 0 aliphatic carbocycles. The minimum Gasteiger partial charge on any atom is -0.457 e. The second-order valence-corrected chi connectivity index (χ2v) is 4.82. The Kier molecular flexibility index (Phi) is 4.07. The van der Waals surface area contributed by atoms with Crippen LogP contribution >= 0.6 is 35.4 Å². The van der Waals surface area contributed by atoms with Crippen molar-refractivity contribution in [3.8, 4) is 11.5 Å². The van der Waals surface area contributed by atoms with E-state index in [1.807, 2.05) is 0 Å². The van der Waals surface area contributed by atoms with Crippen LogP contribution < -0.4 is 10.5 Å². The molecule has 0 aliphatic rings. The lowest BCUT2D eigenvalue weighted by Gasteiger charge is -2.11. The van der Waals surface area contributed by atoms with Crippen molar-refractivity contribution in [1.82, 2.24) is 0 Å². The van der Waals surface area contributed by atoms with E-state index < -0.39 is 0 Å². The van der Waals surface area contributed by atoms with Gasteiger partial charge in [-0.25, -0.2) is 0 Å². The molecule has 0 saturated carbocycles. The van der Waals surface area contributed by atoms with Crippen LogP contribution in [0, 0.1) is 0 Å². The third-order valence-corrected chi connectivity index (χ3v) is 3.00. The molecule has 0 fully saturated rings. The maximum absolute atomic E-state index is 6.05. The van der Waals surface area contributed by atoms with Gasteiger partial charge in [-0.2, -0.15) is 0 Å². The van der Waals surface area contributed by atoms with Gasteiger partial charge in [0.25, 0.3) is 0 Å². The first kappa shape index (κ1) is 13.1. The van der Waals surface area contributed by atoms with Gasteiger partial charge in [0.2, 0.25) is 0 Å². The highest BCUT2D eigenvalue weighted by atomic mass is 35.5. The summed E-state index contributed by atoms with van der Waals surface area (Å²) in [5.74, 6) is 1.11. The van der Waals surface area contributed by atoms with Crippen molar-refractivity contribution >= 4 is 40.4 Å².